The molecule has 0 unspecified atom stereocenters. The zero-order chi connectivity index (χ0) is 21.3. The highest BCUT2D eigenvalue weighted by Crippen LogP contribution is 2.39. The molecule has 0 radical (unpaired) electrons. The minimum Gasteiger partial charge on any atom is -0.497 e. The van der Waals surface area contributed by atoms with Crippen LogP contribution in [0.5, 0.6) is 11.5 Å². The molecule has 0 bridgehead atoms. The molecule has 30 heavy (non-hydrogen) atoms. The summed E-state index contributed by atoms with van der Waals surface area (Å²) >= 11 is 0. The number of aromatic nitrogens is 2. The molecule has 2 heterocycles. The van der Waals surface area contributed by atoms with Crippen molar-refractivity contribution >= 4 is 16.8 Å². The van der Waals surface area contributed by atoms with Crippen LogP contribution in [-0.4, -0.2) is 41.1 Å². The van der Waals surface area contributed by atoms with Crippen LogP contribution in [0, 0.1) is 6.92 Å². The van der Waals surface area contributed by atoms with Gasteiger partial charge < -0.3 is 14.4 Å². The van der Waals surface area contributed by atoms with Crippen LogP contribution in [0.1, 0.15) is 30.0 Å². The number of para-hydroxylation sites is 1. The Balaban J connectivity index is 1.63. The van der Waals surface area contributed by atoms with E-state index in [1.807, 2.05) is 42.2 Å². The van der Waals surface area contributed by atoms with Crippen LogP contribution in [0.4, 0.5) is 0 Å². The van der Waals surface area contributed by atoms with Crippen LogP contribution in [0.15, 0.2) is 47.5 Å². The molecule has 1 fully saturated rings. The average Bonchev–Trinajstić information content (AvgIpc) is 3.25. The van der Waals surface area contributed by atoms with Gasteiger partial charge in [-0.15, -0.1) is 0 Å². The van der Waals surface area contributed by atoms with Crippen molar-refractivity contribution in [3.05, 3.63) is 64.2 Å². The number of ether oxygens (including phenoxy) is 2. The van der Waals surface area contributed by atoms with Crippen molar-refractivity contribution in [2.45, 2.75) is 32.4 Å². The number of benzene rings is 2. The fourth-order valence-electron chi connectivity index (χ4n) is 4.18. The van der Waals surface area contributed by atoms with E-state index < -0.39 is 0 Å². The number of methoxy groups -OCH3 is 2. The fraction of sp³-hybridized carbons (Fsp3) is 0.348. The van der Waals surface area contributed by atoms with Crippen molar-refractivity contribution in [3.8, 4) is 11.5 Å². The Hall–Kier alpha value is -3.35. The molecule has 0 saturated carbocycles. The predicted octanol–water partition coefficient (Wildman–Crippen LogP) is 3.09. The SMILES string of the molecule is COc1ccc(OC)c([C@@H]2CCCN2C(=O)Cn2cnc3c(C)cccc3c2=O)c1. The molecule has 1 amide bonds. The van der Waals surface area contributed by atoms with Gasteiger partial charge in [0.15, 0.2) is 0 Å². The van der Waals surface area contributed by atoms with Crippen LogP contribution in [0.2, 0.25) is 0 Å². The van der Waals surface area contributed by atoms with Gasteiger partial charge in [-0.25, -0.2) is 4.98 Å². The Morgan fingerprint density at radius 3 is 2.80 bits per heavy atom. The fourth-order valence-corrected chi connectivity index (χ4v) is 4.18. The summed E-state index contributed by atoms with van der Waals surface area (Å²) in [5.74, 6) is 1.33. The van der Waals surface area contributed by atoms with Crippen molar-refractivity contribution in [1.29, 1.82) is 0 Å². The van der Waals surface area contributed by atoms with Crippen molar-refractivity contribution in [2.24, 2.45) is 0 Å². The minimum absolute atomic E-state index is 0.0432. The summed E-state index contributed by atoms with van der Waals surface area (Å²) in [6.45, 7) is 2.51. The number of amides is 1. The van der Waals surface area contributed by atoms with Gasteiger partial charge >= 0.3 is 0 Å². The zero-order valence-electron chi connectivity index (χ0n) is 17.4. The maximum absolute atomic E-state index is 13.2. The topological polar surface area (TPSA) is 73.7 Å². The Kier molecular flexibility index (Phi) is 5.44. The number of hydrogen-bond acceptors (Lipinski definition) is 5. The van der Waals surface area contributed by atoms with Gasteiger partial charge in [0.2, 0.25) is 5.91 Å². The maximum Gasteiger partial charge on any atom is 0.261 e. The van der Waals surface area contributed by atoms with Gasteiger partial charge in [0, 0.05) is 12.1 Å². The molecule has 1 aromatic heterocycles. The minimum atomic E-state index is -0.202. The van der Waals surface area contributed by atoms with E-state index in [4.69, 9.17) is 9.47 Å². The van der Waals surface area contributed by atoms with Gasteiger partial charge in [-0.3, -0.25) is 14.2 Å². The second-order valence-electron chi connectivity index (χ2n) is 7.50. The first-order valence-corrected chi connectivity index (χ1v) is 9.99. The Morgan fingerprint density at radius 1 is 1.20 bits per heavy atom. The highest BCUT2D eigenvalue weighted by atomic mass is 16.5. The summed E-state index contributed by atoms with van der Waals surface area (Å²) in [6, 6.07) is 11.0. The molecule has 1 aliphatic heterocycles. The van der Waals surface area contributed by atoms with E-state index in [1.165, 1.54) is 10.9 Å². The standard InChI is InChI=1S/C23H25N3O4/c1-15-6-4-7-17-22(15)24-14-25(23(17)28)13-21(27)26-11-5-8-19(26)18-12-16(29-2)9-10-20(18)30-3/h4,6-7,9-10,12,14,19H,5,8,11,13H2,1-3H3/t19-/m0/s1. The molecule has 7 nitrogen and oxygen atoms in total. The molecule has 2 aromatic carbocycles. The highest BCUT2D eigenvalue weighted by molar-refractivity contribution is 5.81. The molecule has 7 heteroatoms. The first-order valence-electron chi connectivity index (χ1n) is 9.99. The number of carbonyl (C=O) groups excluding carboxylic acids is 1. The lowest BCUT2D eigenvalue weighted by Gasteiger charge is -2.27. The molecule has 1 aliphatic rings. The Morgan fingerprint density at radius 2 is 2.03 bits per heavy atom. The number of rotatable bonds is 5. The van der Waals surface area contributed by atoms with E-state index in [1.54, 1.807) is 20.3 Å². The van der Waals surface area contributed by atoms with Gasteiger partial charge in [-0.05, 0) is 49.6 Å². The lowest BCUT2D eigenvalue weighted by atomic mass is 10.0. The van der Waals surface area contributed by atoms with Crippen molar-refractivity contribution in [1.82, 2.24) is 14.5 Å². The van der Waals surface area contributed by atoms with Crippen molar-refractivity contribution < 1.29 is 14.3 Å². The first kappa shape index (κ1) is 19.9. The third kappa shape index (κ3) is 3.51. The number of aryl methyl sites for hydroxylation is 1. The third-order valence-corrected chi connectivity index (χ3v) is 5.73. The van der Waals surface area contributed by atoms with Crippen LogP contribution >= 0.6 is 0 Å². The van der Waals surface area contributed by atoms with Gasteiger partial charge in [0.05, 0.1) is 37.5 Å². The smallest absolute Gasteiger partial charge is 0.261 e. The molecule has 0 N–H and O–H groups in total. The number of nitrogens with zero attached hydrogens (tertiary/aromatic N) is 3. The second-order valence-corrected chi connectivity index (χ2v) is 7.50. The van der Waals surface area contributed by atoms with E-state index in [0.29, 0.717) is 17.4 Å². The third-order valence-electron chi connectivity index (χ3n) is 5.73. The zero-order valence-corrected chi connectivity index (χ0v) is 17.4. The molecule has 1 atom stereocenters. The highest BCUT2D eigenvalue weighted by Gasteiger charge is 2.32. The summed E-state index contributed by atoms with van der Waals surface area (Å²) in [4.78, 5) is 32.3. The van der Waals surface area contributed by atoms with Crippen molar-refractivity contribution in [3.63, 3.8) is 0 Å². The lowest BCUT2D eigenvalue weighted by molar-refractivity contribution is -0.132. The van der Waals surface area contributed by atoms with Gasteiger partial charge in [-0.1, -0.05) is 12.1 Å². The van der Waals surface area contributed by atoms with Crippen molar-refractivity contribution in [2.75, 3.05) is 20.8 Å². The van der Waals surface area contributed by atoms with E-state index in [9.17, 15) is 9.59 Å². The quantitative estimate of drug-likeness (QED) is 0.650. The number of likely N-dealkylation sites (tertiary alicyclic amines) is 1. The average molecular weight is 407 g/mol. The summed E-state index contributed by atoms with van der Waals surface area (Å²) in [5.41, 5.74) is 2.33. The molecule has 1 saturated heterocycles. The Labute approximate surface area is 174 Å². The normalized spacial score (nSPS) is 16.1. The van der Waals surface area contributed by atoms with Crippen LogP contribution in [0.3, 0.4) is 0 Å². The number of hydrogen-bond donors (Lipinski definition) is 0. The van der Waals surface area contributed by atoms with E-state index >= 15 is 0 Å². The van der Waals surface area contributed by atoms with Crippen LogP contribution in [0.25, 0.3) is 10.9 Å². The number of carbonyl (C=O) groups is 1. The molecule has 0 spiro atoms. The van der Waals surface area contributed by atoms with Gasteiger partial charge in [0.25, 0.3) is 5.56 Å². The lowest BCUT2D eigenvalue weighted by Crippen LogP contribution is -2.36. The first-order chi connectivity index (χ1) is 14.5. The molecule has 0 aliphatic carbocycles. The molecular weight excluding hydrogens is 382 g/mol. The maximum atomic E-state index is 13.2. The summed E-state index contributed by atoms with van der Waals surface area (Å²) in [5, 5.41) is 0.526. The predicted molar refractivity (Wildman–Crippen MR) is 114 cm³/mol. The summed E-state index contributed by atoms with van der Waals surface area (Å²) in [6.07, 6.45) is 3.19. The number of fused-ring (bicyclic) bond motifs is 1. The van der Waals surface area contributed by atoms with E-state index in [-0.39, 0.29) is 24.1 Å². The Bertz CT molecular complexity index is 1150. The van der Waals surface area contributed by atoms with Gasteiger partial charge in [-0.2, -0.15) is 0 Å². The molecule has 4 rings (SSSR count). The van der Waals surface area contributed by atoms with Gasteiger partial charge in [0.1, 0.15) is 18.0 Å². The summed E-state index contributed by atoms with van der Waals surface area (Å²) in [7, 11) is 3.23. The van der Waals surface area contributed by atoms with E-state index in [2.05, 4.69) is 4.98 Å². The van der Waals surface area contributed by atoms with E-state index in [0.717, 1.165) is 35.5 Å². The molecular formula is C23H25N3O4. The second kappa shape index (κ2) is 8.18. The molecule has 156 valence electrons. The van der Waals surface area contributed by atoms with Crippen LogP contribution < -0.4 is 15.0 Å². The largest absolute Gasteiger partial charge is 0.497 e. The summed E-state index contributed by atoms with van der Waals surface area (Å²) < 4.78 is 12.3. The molecule has 3 aromatic rings. The monoisotopic (exact) mass is 407 g/mol. The van der Waals surface area contributed by atoms with Crippen LogP contribution in [-0.2, 0) is 11.3 Å².